The Bertz CT molecular complexity index is 209. The van der Waals surface area contributed by atoms with E-state index in [9.17, 15) is 9.13 Å². The summed E-state index contributed by atoms with van der Waals surface area (Å²) in [6.07, 6.45) is 0. The molecule has 0 aromatic heterocycles. The van der Waals surface area contributed by atoms with Crippen LogP contribution in [0.3, 0.4) is 0 Å². The van der Waals surface area contributed by atoms with E-state index in [2.05, 4.69) is 4.52 Å². The second-order valence-electron chi connectivity index (χ2n) is 1.53. The molecule has 1 unspecified atom stereocenters. The lowest BCUT2D eigenvalue weighted by atomic mass is 10.9. The molecular weight excluding hydrogens is 217 g/mol. The molecule has 0 saturated carbocycles. The maximum Gasteiger partial charge on any atom is 0.438 e. The Morgan fingerprint density at radius 1 is 1.27 bits per heavy atom. The van der Waals surface area contributed by atoms with Gasteiger partial charge < -0.3 is 14.7 Å². The molecule has 0 aromatic rings. The second kappa shape index (κ2) is 4.01. The Morgan fingerprint density at radius 2 is 1.73 bits per heavy atom. The van der Waals surface area contributed by atoms with Crippen molar-refractivity contribution in [2.75, 3.05) is 12.5 Å². The molecule has 0 radical (unpaired) electrons. The first kappa shape index (κ1) is 11.6. The predicted molar refractivity (Wildman–Crippen MR) is 38.5 cm³/mol. The van der Waals surface area contributed by atoms with Gasteiger partial charge in [0.2, 0.25) is 0 Å². The zero-order chi connectivity index (χ0) is 9.12. The van der Waals surface area contributed by atoms with Gasteiger partial charge in [-0.15, -0.1) is 11.6 Å². The summed E-state index contributed by atoms with van der Waals surface area (Å²) in [4.78, 5) is 24.9. The monoisotopic (exact) mass is 224 g/mol. The van der Waals surface area contributed by atoms with E-state index in [1.807, 2.05) is 0 Å². The Labute approximate surface area is 67.7 Å². The van der Waals surface area contributed by atoms with Crippen LogP contribution in [0.25, 0.3) is 0 Å². The van der Waals surface area contributed by atoms with Gasteiger partial charge in [-0.25, -0.2) is 9.13 Å². The number of halogens is 1. The lowest BCUT2D eigenvalue weighted by Crippen LogP contribution is -1.94. The van der Waals surface area contributed by atoms with Gasteiger partial charge in [-0.05, 0) is 0 Å². The summed E-state index contributed by atoms with van der Waals surface area (Å²) in [6.45, 7) is -0.375. The first-order valence-electron chi connectivity index (χ1n) is 2.40. The third-order valence-corrected chi connectivity index (χ3v) is 4.32. The molecule has 1 atom stereocenters. The molecule has 9 heteroatoms. The molecule has 0 aliphatic carbocycles. The Hall–Kier alpha value is 0.590. The van der Waals surface area contributed by atoms with Crippen LogP contribution in [-0.2, 0) is 13.7 Å². The molecule has 0 amide bonds. The van der Waals surface area contributed by atoms with Crippen LogP contribution < -0.4 is 0 Å². The van der Waals surface area contributed by atoms with Crippen molar-refractivity contribution in [2.24, 2.45) is 0 Å². The topological polar surface area (TPSA) is 104 Å². The molecule has 0 rings (SSSR count). The molecule has 0 saturated heterocycles. The highest BCUT2D eigenvalue weighted by Crippen LogP contribution is 2.74. The van der Waals surface area contributed by atoms with E-state index in [0.29, 0.717) is 0 Å². The lowest BCUT2D eigenvalue weighted by Gasteiger charge is -2.11. The zero-order valence-electron chi connectivity index (χ0n) is 5.25. The summed E-state index contributed by atoms with van der Waals surface area (Å²) >= 11 is 5.05. The van der Waals surface area contributed by atoms with Crippen LogP contribution in [0.15, 0.2) is 0 Å². The summed E-state index contributed by atoms with van der Waals surface area (Å²) in [5.74, 6) is -0.107. The number of hydrogen-bond acceptors (Lipinski definition) is 3. The van der Waals surface area contributed by atoms with Gasteiger partial charge in [0.05, 0.1) is 6.61 Å². The van der Waals surface area contributed by atoms with Crippen LogP contribution in [0.2, 0.25) is 0 Å². The molecule has 0 aliphatic rings. The van der Waals surface area contributed by atoms with Crippen molar-refractivity contribution in [1.29, 1.82) is 0 Å². The molecule has 0 spiro atoms. The number of alkyl halides is 1. The highest BCUT2D eigenvalue weighted by molar-refractivity contribution is 8.26. The summed E-state index contributed by atoms with van der Waals surface area (Å²) in [5.41, 5.74) is 0. The first-order chi connectivity index (χ1) is 4.81. The second-order valence-corrected chi connectivity index (χ2v) is 7.25. The molecule has 0 heterocycles. The lowest BCUT2D eigenvalue weighted by molar-refractivity contribution is 0.272. The van der Waals surface area contributed by atoms with Crippen LogP contribution in [-0.4, -0.2) is 27.2 Å². The minimum absolute atomic E-state index is 0.107. The van der Waals surface area contributed by atoms with Crippen LogP contribution in [0.4, 0.5) is 0 Å². The molecule has 3 N–H and O–H groups in total. The van der Waals surface area contributed by atoms with Crippen LogP contribution >= 0.6 is 26.2 Å². The summed E-state index contributed by atoms with van der Waals surface area (Å²) in [7, 11) is -9.88. The number of hydrogen-bond donors (Lipinski definition) is 3. The van der Waals surface area contributed by atoms with Gasteiger partial charge in [0.15, 0.2) is 0 Å². The van der Waals surface area contributed by atoms with Gasteiger partial charge >= 0.3 is 14.6 Å². The number of rotatable bonds is 4. The van der Waals surface area contributed by atoms with Crippen molar-refractivity contribution in [3.8, 4) is 0 Å². The van der Waals surface area contributed by atoms with Crippen molar-refractivity contribution < 1.29 is 28.3 Å². The van der Waals surface area contributed by atoms with Crippen LogP contribution in [0, 0.1) is 0 Å². The van der Waals surface area contributed by atoms with Crippen molar-refractivity contribution >= 4 is 26.2 Å². The standard InChI is InChI=1S/C2H7ClO6P2/c3-1-2-9-11(7,8)10(4,5)6/h1-2H2,(H,7,8)(H2,4,5,6). The average molecular weight is 224 g/mol. The summed E-state index contributed by atoms with van der Waals surface area (Å²) in [5, 5.41) is 0. The molecule has 68 valence electrons. The molecule has 11 heavy (non-hydrogen) atoms. The summed E-state index contributed by atoms with van der Waals surface area (Å²) in [6, 6.07) is 0. The van der Waals surface area contributed by atoms with Gasteiger partial charge in [-0.1, -0.05) is 0 Å². The fraction of sp³-hybridized carbons (Fsp3) is 1.00. The minimum atomic E-state index is -5.07. The fourth-order valence-corrected chi connectivity index (χ4v) is 1.59. The normalized spacial score (nSPS) is 17.8. The van der Waals surface area contributed by atoms with E-state index in [-0.39, 0.29) is 12.5 Å². The van der Waals surface area contributed by atoms with Crippen LogP contribution in [0.1, 0.15) is 0 Å². The molecule has 6 nitrogen and oxygen atoms in total. The average Bonchev–Trinajstić information content (AvgIpc) is 1.81. The minimum Gasteiger partial charge on any atom is -0.316 e. The van der Waals surface area contributed by atoms with Gasteiger partial charge in [0.25, 0.3) is 0 Å². The molecule has 0 bridgehead atoms. The Kier molecular flexibility index (Phi) is 4.22. The third kappa shape index (κ3) is 3.67. The van der Waals surface area contributed by atoms with E-state index in [1.54, 1.807) is 0 Å². The third-order valence-electron chi connectivity index (χ3n) is 0.666. The van der Waals surface area contributed by atoms with E-state index < -0.39 is 14.6 Å². The molecule has 0 aromatic carbocycles. The highest BCUT2D eigenvalue weighted by Gasteiger charge is 2.41. The van der Waals surface area contributed by atoms with Gasteiger partial charge in [-0.3, -0.25) is 4.52 Å². The van der Waals surface area contributed by atoms with Crippen molar-refractivity contribution in [2.45, 2.75) is 0 Å². The fourth-order valence-electron chi connectivity index (χ4n) is 0.229. The smallest absolute Gasteiger partial charge is 0.316 e. The van der Waals surface area contributed by atoms with Crippen molar-refractivity contribution in [3.05, 3.63) is 0 Å². The largest absolute Gasteiger partial charge is 0.438 e. The Balaban J connectivity index is 4.25. The first-order valence-corrected chi connectivity index (χ1v) is 6.83. The Morgan fingerprint density at radius 3 is 2.00 bits per heavy atom. The van der Waals surface area contributed by atoms with Crippen LogP contribution in [0.5, 0.6) is 0 Å². The summed E-state index contributed by atoms with van der Waals surface area (Å²) < 4.78 is 24.6. The molecule has 0 fully saturated rings. The quantitative estimate of drug-likeness (QED) is 0.475. The van der Waals surface area contributed by atoms with Gasteiger partial charge in [0, 0.05) is 5.88 Å². The van der Waals surface area contributed by atoms with Crippen molar-refractivity contribution in [3.63, 3.8) is 0 Å². The molecular formula is C2H7ClO6P2. The predicted octanol–water partition coefficient (Wildman–Crippen LogP) is 0.520. The maximum absolute atomic E-state index is 10.5. The van der Waals surface area contributed by atoms with Gasteiger partial charge in [0.1, 0.15) is 0 Å². The maximum atomic E-state index is 10.5. The zero-order valence-corrected chi connectivity index (χ0v) is 7.80. The van der Waals surface area contributed by atoms with E-state index in [1.165, 1.54) is 0 Å². The van der Waals surface area contributed by atoms with E-state index in [4.69, 9.17) is 26.3 Å². The van der Waals surface area contributed by atoms with Gasteiger partial charge in [-0.2, -0.15) is 0 Å². The highest BCUT2D eigenvalue weighted by atomic mass is 35.5. The van der Waals surface area contributed by atoms with Crippen molar-refractivity contribution in [1.82, 2.24) is 0 Å². The van der Waals surface area contributed by atoms with E-state index in [0.717, 1.165) is 0 Å². The van der Waals surface area contributed by atoms with E-state index >= 15 is 0 Å². The molecule has 0 aliphatic heterocycles. The SMILES string of the molecule is O=P(O)(O)P(=O)(O)OCCCl.